The fraction of sp³-hybridized carbons (Fsp3) is 0.385. The van der Waals surface area contributed by atoms with Crippen molar-refractivity contribution in [1.82, 2.24) is 14.8 Å². The molecule has 37 heavy (non-hydrogen) atoms. The van der Waals surface area contributed by atoms with Crippen LogP contribution >= 0.6 is 22.9 Å². The average Bonchev–Trinajstić information content (AvgIpc) is 3.29. The standard InChI is InChI=1S/C26H29ClN6O3S/c27-21-9-4-17(16-22(21)32(35)36)23(34)24-25(28)31-26(37-24)30-18-5-7-19(8-6-18)33(14-2-1-3-15-33)20-10-12-29-13-11-20/h4-9,16,20,29H,1-3,10-15H2,(H2-,28,30,31,34)/p+1. The minimum absolute atomic E-state index is 0.0292. The van der Waals surface area contributed by atoms with Gasteiger partial charge in [0.25, 0.3) is 5.69 Å². The summed E-state index contributed by atoms with van der Waals surface area (Å²) in [6, 6.07) is 13.2. The third kappa shape index (κ3) is 5.19. The molecule has 1 aromatic heterocycles. The van der Waals surface area contributed by atoms with Crippen LogP contribution in [0.1, 0.15) is 47.3 Å². The molecular weight excluding hydrogens is 512 g/mol. The maximum Gasteiger partial charge on any atom is 0.288 e. The van der Waals surface area contributed by atoms with Crippen LogP contribution < -0.4 is 20.9 Å². The van der Waals surface area contributed by atoms with Gasteiger partial charge in [0.1, 0.15) is 21.4 Å². The van der Waals surface area contributed by atoms with Gasteiger partial charge in [-0.15, -0.1) is 0 Å². The molecule has 0 radical (unpaired) electrons. The number of quaternary nitrogens is 1. The molecule has 2 saturated heterocycles. The predicted octanol–water partition coefficient (Wildman–Crippen LogP) is 5.50. The zero-order valence-corrected chi connectivity index (χ0v) is 22.0. The van der Waals surface area contributed by atoms with Crippen molar-refractivity contribution < 1.29 is 9.72 Å². The predicted molar refractivity (Wildman–Crippen MR) is 149 cm³/mol. The number of hydrogen-bond acceptors (Lipinski definition) is 8. The summed E-state index contributed by atoms with van der Waals surface area (Å²) >= 11 is 7.00. The van der Waals surface area contributed by atoms with Crippen LogP contribution in [0, 0.1) is 10.1 Å². The molecular formula is C26H30ClN6O3S+. The van der Waals surface area contributed by atoms with E-state index in [0.29, 0.717) is 11.2 Å². The normalized spacial score (nSPS) is 17.9. The Bertz CT molecular complexity index is 1300. The van der Waals surface area contributed by atoms with Gasteiger partial charge in [-0.1, -0.05) is 22.9 Å². The topological polar surface area (TPSA) is 123 Å². The monoisotopic (exact) mass is 541 g/mol. The van der Waals surface area contributed by atoms with E-state index in [0.717, 1.165) is 40.7 Å². The molecule has 0 unspecified atom stereocenters. The molecule has 3 heterocycles. The molecule has 194 valence electrons. The van der Waals surface area contributed by atoms with E-state index in [1.807, 2.05) is 0 Å². The van der Waals surface area contributed by atoms with Crippen molar-refractivity contribution in [1.29, 1.82) is 0 Å². The lowest BCUT2D eigenvalue weighted by Gasteiger charge is -2.48. The van der Waals surface area contributed by atoms with Gasteiger partial charge in [-0.2, -0.15) is 0 Å². The minimum Gasteiger partial charge on any atom is -0.382 e. The molecule has 11 heteroatoms. The van der Waals surface area contributed by atoms with Gasteiger partial charge in [0.05, 0.1) is 24.1 Å². The Morgan fingerprint density at radius 1 is 1.14 bits per heavy atom. The van der Waals surface area contributed by atoms with Crippen molar-refractivity contribution in [3.05, 3.63) is 68.0 Å². The number of nitrogen functional groups attached to an aromatic ring is 1. The maximum absolute atomic E-state index is 13.0. The first-order chi connectivity index (χ1) is 17.9. The van der Waals surface area contributed by atoms with Crippen LogP contribution in [0.15, 0.2) is 42.5 Å². The SMILES string of the molecule is Nc1nc(Nc2ccc([N+]3(C4CCNCC4)CCCCC3)cc2)sc1C(=O)c1ccc(Cl)c([N+](=O)[O-])c1. The number of carbonyl (C=O) groups excluding carboxylic acids is 1. The lowest BCUT2D eigenvalue weighted by molar-refractivity contribution is -0.384. The van der Waals surface area contributed by atoms with E-state index < -0.39 is 10.7 Å². The Hall–Kier alpha value is -3.05. The van der Waals surface area contributed by atoms with Gasteiger partial charge in [0.2, 0.25) is 5.78 Å². The van der Waals surface area contributed by atoms with E-state index in [9.17, 15) is 14.9 Å². The highest BCUT2D eigenvalue weighted by atomic mass is 35.5. The largest absolute Gasteiger partial charge is 0.382 e. The van der Waals surface area contributed by atoms with Crippen LogP contribution in [0.4, 0.5) is 28.0 Å². The Morgan fingerprint density at radius 2 is 1.84 bits per heavy atom. The Labute approximate surface area is 224 Å². The summed E-state index contributed by atoms with van der Waals surface area (Å²) in [7, 11) is 0. The molecule has 2 fully saturated rings. The molecule has 3 aromatic rings. The van der Waals surface area contributed by atoms with Crippen molar-refractivity contribution in [3.8, 4) is 0 Å². The average molecular weight is 542 g/mol. The van der Waals surface area contributed by atoms with Gasteiger partial charge in [0, 0.05) is 55.4 Å². The number of nitro benzene ring substituents is 1. The Morgan fingerprint density at radius 3 is 2.51 bits per heavy atom. The molecule has 0 bridgehead atoms. The number of nitrogens with zero attached hydrogens (tertiary/aromatic N) is 3. The number of ketones is 1. The molecule has 4 N–H and O–H groups in total. The number of nitrogens with one attached hydrogen (secondary N) is 2. The third-order valence-electron chi connectivity index (χ3n) is 7.52. The summed E-state index contributed by atoms with van der Waals surface area (Å²) in [5.41, 5.74) is 8.08. The molecule has 0 saturated carbocycles. The summed E-state index contributed by atoms with van der Waals surface area (Å²) in [6.07, 6.45) is 6.23. The second-order valence-electron chi connectivity index (χ2n) is 9.68. The van der Waals surface area contributed by atoms with Gasteiger partial charge >= 0.3 is 0 Å². The molecule has 2 aliphatic heterocycles. The van der Waals surface area contributed by atoms with Crippen molar-refractivity contribution in [2.24, 2.45) is 0 Å². The first-order valence-corrected chi connectivity index (χ1v) is 13.8. The highest BCUT2D eigenvalue weighted by molar-refractivity contribution is 7.18. The summed E-state index contributed by atoms with van der Waals surface area (Å²) in [5, 5.41) is 18.4. The van der Waals surface area contributed by atoms with Crippen LogP contribution in [-0.2, 0) is 0 Å². The lowest BCUT2D eigenvalue weighted by Crippen LogP contribution is -2.62. The maximum atomic E-state index is 13.0. The van der Waals surface area contributed by atoms with E-state index in [2.05, 4.69) is 39.9 Å². The van der Waals surface area contributed by atoms with Gasteiger partial charge in [-0.3, -0.25) is 19.4 Å². The van der Waals surface area contributed by atoms with Gasteiger partial charge in [-0.05, 0) is 43.5 Å². The first kappa shape index (κ1) is 25.6. The van der Waals surface area contributed by atoms with Crippen molar-refractivity contribution in [2.75, 3.05) is 37.2 Å². The van der Waals surface area contributed by atoms with E-state index in [-0.39, 0.29) is 27.0 Å². The zero-order chi connectivity index (χ0) is 26.0. The number of nitrogens with two attached hydrogens (primary N) is 1. The van der Waals surface area contributed by atoms with Gasteiger partial charge < -0.3 is 16.4 Å². The number of likely N-dealkylation sites (tertiary alicyclic amines) is 1. The highest BCUT2D eigenvalue weighted by Crippen LogP contribution is 2.37. The number of benzene rings is 2. The molecule has 2 aliphatic rings. The second-order valence-corrected chi connectivity index (χ2v) is 11.1. The summed E-state index contributed by atoms with van der Waals surface area (Å²) < 4.78 is 1.07. The Balaban J connectivity index is 1.34. The Kier molecular flexibility index (Phi) is 7.43. The number of carbonyl (C=O) groups is 1. The lowest BCUT2D eigenvalue weighted by atomic mass is 9.95. The van der Waals surface area contributed by atoms with Crippen LogP contribution in [-0.4, -0.2) is 47.9 Å². The van der Waals surface area contributed by atoms with Crippen molar-refractivity contribution in [2.45, 2.75) is 38.1 Å². The number of nitro groups is 1. The van der Waals surface area contributed by atoms with Crippen LogP contribution in [0.25, 0.3) is 0 Å². The highest BCUT2D eigenvalue weighted by Gasteiger charge is 2.40. The zero-order valence-electron chi connectivity index (χ0n) is 20.4. The molecule has 5 rings (SSSR count). The fourth-order valence-corrected chi connectivity index (χ4v) is 6.70. The number of piperidine rings is 2. The summed E-state index contributed by atoms with van der Waals surface area (Å²) in [5.74, 6) is -0.355. The van der Waals surface area contributed by atoms with Crippen LogP contribution in [0.3, 0.4) is 0 Å². The number of hydrogen-bond donors (Lipinski definition) is 3. The van der Waals surface area contributed by atoms with Crippen molar-refractivity contribution in [3.63, 3.8) is 0 Å². The van der Waals surface area contributed by atoms with Gasteiger partial charge in [0.15, 0.2) is 5.13 Å². The van der Waals surface area contributed by atoms with E-state index in [4.69, 9.17) is 17.3 Å². The number of aromatic nitrogens is 1. The number of halogens is 1. The molecule has 9 nitrogen and oxygen atoms in total. The first-order valence-electron chi connectivity index (χ1n) is 12.6. The van der Waals surface area contributed by atoms with Crippen LogP contribution in [0.2, 0.25) is 5.02 Å². The summed E-state index contributed by atoms with van der Waals surface area (Å²) in [6.45, 7) is 4.55. The minimum atomic E-state index is -0.618. The summed E-state index contributed by atoms with van der Waals surface area (Å²) in [4.78, 5) is 28.1. The van der Waals surface area contributed by atoms with Crippen LogP contribution in [0.5, 0.6) is 0 Å². The van der Waals surface area contributed by atoms with E-state index >= 15 is 0 Å². The van der Waals surface area contributed by atoms with E-state index in [1.165, 1.54) is 63.0 Å². The quantitative estimate of drug-likeness (QED) is 0.156. The smallest absolute Gasteiger partial charge is 0.288 e. The molecule has 2 aromatic carbocycles. The van der Waals surface area contributed by atoms with Gasteiger partial charge in [-0.25, -0.2) is 4.98 Å². The molecule has 0 aliphatic carbocycles. The second kappa shape index (κ2) is 10.7. The number of anilines is 3. The van der Waals surface area contributed by atoms with Crippen molar-refractivity contribution >= 4 is 56.7 Å². The third-order valence-corrected chi connectivity index (χ3v) is 8.82. The van der Waals surface area contributed by atoms with E-state index in [1.54, 1.807) is 0 Å². The molecule has 0 amide bonds. The fourth-order valence-electron chi connectivity index (χ4n) is 5.65. The molecule has 0 atom stereocenters. The molecule has 0 spiro atoms. The number of thiazole rings is 1. The number of rotatable bonds is 7.